The molecule has 1 N–H and O–H groups in total. The second kappa shape index (κ2) is 6.33. The average Bonchev–Trinajstić information content (AvgIpc) is 2.98. The number of amides is 1. The lowest BCUT2D eigenvalue weighted by Gasteiger charge is -2.16. The van der Waals surface area contributed by atoms with Gasteiger partial charge < -0.3 is 4.90 Å². The minimum Gasteiger partial charge on any atom is -0.312 e. The molecular weight excluding hydrogens is 340 g/mol. The molecule has 2 aromatic rings. The van der Waals surface area contributed by atoms with E-state index >= 15 is 0 Å². The van der Waals surface area contributed by atoms with Crippen LogP contribution in [0.25, 0.3) is 0 Å². The largest absolute Gasteiger partial charge is 0.312 e. The minimum atomic E-state index is -3.79. The van der Waals surface area contributed by atoms with Gasteiger partial charge in [0.25, 0.3) is 10.0 Å². The average molecular weight is 358 g/mol. The van der Waals surface area contributed by atoms with E-state index in [9.17, 15) is 18.0 Å². The quantitative estimate of drug-likeness (QED) is 0.852. The van der Waals surface area contributed by atoms with Crippen LogP contribution in [0.15, 0.2) is 47.4 Å². The van der Waals surface area contributed by atoms with Crippen LogP contribution in [0, 0.1) is 0 Å². The summed E-state index contributed by atoms with van der Waals surface area (Å²) in [4.78, 5) is 24.6. The molecule has 0 bridgehead atoms. The third-order valence-corrected chi connectivity index (χ3v) is 5.57. The summed E-state index contributed by atoms with van der Waals surface area (Å²) in [6.45, 7) is 3.48. The van der Waals surface area contributed by atoms with Crippen molar-refractivity contribution in [3.63, 3.8) is 0 Å². The number of sulfonamides is 1. The number of fused-ring (bicyclic) bond motifs is 1. The Morgan fingerprint density at radius 3 is 2.32 bits per heavy atom. The van der Waals surface area contributed by atoms with Gasteiger partial charge in [-0.3, -0.25) is 14.3 Å². The Balaban J connectivity index is 1.89. The van der Waals surface area contributed by atoms with E-state index in [2.05, 4.69) is 4.72 Å². The van der Waals surface area contributed by atoms with Gasteiger partial charge in [-0.1, -0.05) is 6.07 Å². The summed E-state index contributed by atoms with van der Waals surface area (Å²) in [5.41, 5.74) is 2.48. The van der Waals surface area contributed by atoms with Crippen molar-refractivity contribution < 1.29 is 18.0 Å². The van der Waals surface area contributed by atoms with Crippen LogP contribution in [-0.2, 0) is 21.2 Å². The van der Waals surface area contributed by atoms with E-state index in [1.54, 1.807) is 35.2 Å². The lowest BCUT2D eigenvalue weighted by molar-refractivity contribution is -0.116. The fourth-order valence-electron chi connectivity index (χ4n) is 2.84. The van der Waals surface area contributed by atoms with Gasteiger partial charge in [0.15, 0.2) is 5.78 Å². The molecule has 0 radical (unpaired) electrons. The number of Topliss-reactive ketones (excluding diaryl/α,β-unsaturated/α-hetero) is 1. The minimum absolute atomic E-state index is 0.0858. The smallest absolute Gasteiger partial charge is 0.261 e. The van der Waals surface area contributed by atoms with Crippen LogP contribution >= 0.6 is 0 Å². The summed E-state index contributed by atoms with van der Waals surface area (Å²) in [6.07, 6.45) is 0.717. The molecule has 0 aromatic heterocycles. The van der Waals surface area contributed by atoms with Crippen LogP contribution < -0.4 is 9.62 Å². The summed E-state index contributed by atoms with van der Waals surface area (Å²) in [5.74, 6) is -0.196. The highest BCUT2D eigenvalue weighted by Gasteiger charge is 2.25. The molecule has 1 heterocycles. The fourth-order valence-corrected chi connectivity index (χ4v) is 3.92. The Morgan fingerprint density at radius 1 is 1.04 bits per heavy atom. The van der Waals surface area contributed by atoms with Crippen molar-refractivity contribution in [3.05, 3.63) is 53.6 Å². The van der Waals surface area contributed by atoms with Gasteiger partial charge >= 0.3 is 0 Å². The zero-order valence-electron chi connectivity index (χ0n) is 13.9. The maximum atomic E-state index is 12.6. The normalized spacial score (nSPS) is 13.4. The van der Waals surface area contributed by atoms with Crippen molar-refractivity contribution in [2.45, 2.75) is 25.2 Å². The second-order valence-electron chi connectivity index (χ2n) is 5.95. The van der Waals surface area contributed by atoms with E-state index in [0.717, 1.165) is 12.0 Å². The van der Waals surface area contributed by atoms with Crippen LogP contribution in [0.5, 0.6) is 0 Å². The van der Waals surface area contributed by atoms with Crippen LogP contribution in [0.1, 0.15) is 29.8 Å². The number of carbonyl (C=O) groups excluding carboxylic acids is 2. The van der Waals surface area contributed by atoms with Crippen molar-refractivity contribution in [2.75, 3.05) is 16.2 Å². The van der Waals surface area contributed by atoms with Gasteiger partial charge in [-0.2, -0.15) is 0 Å². The molecule has 1 aliphatic rings. The molecule has 0 atom stereocenters. The lowest BCUT2D eigenvalue weighted by Crippen LogP contribution is -2.26. The number of hydrogen-bond acceptors (Lipinski definition) is 4. The van der Waals surface area contributed by atoms with E-state index in [1.807, 2.05) is 0 Å². The number of ketones is 1. The second-order valence-corrected chi connectivity index (χ2v) is 7.63. The predicted octanol–water partition coefficient (Wildman–Crippen LogP) is 2.60. The summed E-state index contributed by atoms with van der Waals surface area (Å²) in [5, 5.41) is 0. The van der Waals surface area contributed by atoms with Gasteiger partial charge in [0, 0.05) is 30.4 Å². The van der Waals surface area contributed by atoms with E-state index in [4.69, 9.17) is 0 Å². The number of hydrogen-bond donors (Lipinski definition) is 1. The van der Waals surface area contributed by atoms with Crippen LogP contribution in [0.4, 0.5) is 11.4 Å². The Labute approximate surface area is 146 Å². The lowest BCUT2D eigenvalue weighted by atomic mass is 10.1. The Morgan fingerprint density at radius 2 is 1.72 bits per heavy atom. The number of carbonyl (C=O) groups is 2. The molecule has 0 fully saturated rings. The topological polar surface area (TPSA) is 83.6 Å². The zero-order chi connectivity index (χ0) is 18.2. The van der Waals surface area contributed by atoms with Gasteiger partial charge in [-0.05, 0) is 55.3 Å². The molecule has 7 heteroatoms. The van der Waals surface area contributed by atoms with E-state index in [0.29, 0.717) is 23.5 Å². The molecule has 1 amide bonds. The summed E-state index contributed by atoms with van der Waals surface area (Å²) >= 11 is 0. The maximum Gasteiger partial charge on any atom is 0.261 e. The highest BCUT2D eigenvalue weighted by molar-refractivity contribution is 7.92. The van der Waals surface area contributed by atoms with E-state index in [-0.39, 0.29) is 16.6 Å². The Bertz CT molecular complexity index is 950. The summed E-state index contributed by atoms with van der Waals surface area (Å²) < 4.78 is 27.7. The van der Waals surface area contributed by atoms with Crippen LogP contribution in [-0.4, -0.2) is 26.7 Å². The summed E-state index contributed by atoms with van der Waals surface area (Å²) in [6, 6.07) is 11.0. The molecule has 0 aliphatic carbocycles. The molecule has 0 saturated heterocycles. The molecule has 3 rings (SSSR count). The number of benzene rings is 2. The van der Waals surface area contributed by atoms with Gasteiger partial charge in [-0.25, -0.2) is 8.42 Å². The van der Waals surface area contributed by atoms with Crippen molar-refractivity contribution in [1.82, 2.24) is 0 Å². The first-order valence-electron chi connectivity index (χ1n) is 7.83. The standard InChI is InChI=1S/C18H18N2O4S/c1-12(21)14-3-6-16(7-4-14)19-25(23,24)17-8-5-15-9-10-20(13(2)22)18(15)11-17/h3-8,11,19H,9-10H2,1-2H3. The molecule has 0 unspecified atom stereocenters. The number of anilines is 2. The zero-order valence-corrected chi connectivity index (χ0v) is 14.8. The molecule has 25 heavy (non-hydrogen) atoms. The third kappa shape index (κ3) is 3.41. The van der Waals surface area contributed by atoms with Crippen LogP contribution in [0.3, 0.4) is 0 Å². The molecule has 1 aliphatic heterocycles. The monoisotopic (exact) mass is 358 g/mol. The van der Waals surface area contributed by atoms with Gasteiger partial charge in [0.2, 0.25) is 5.91 Å². The molecule has 130 valence electrons. The fraction of sp³-hybridized carbons (Fsp3) is 0.222. The first kappa shape index (κ1) is 17.2. The first-order valence-corrected chi connectivity index (χ1v) is 9.31. The van der Waals surface area contributed by atoms with Gasteiger partial charge in [-0.15, -0.1) is 0 Å². The first-order chi connectivity index (χ1) is 11.8. The van der Waals surface area contributed by atoms with Gasteiger partial charge in [0.1, 0.15) is 0 Å². The highest BCUT2D eigenvalue weighted by Crippen LogP contribution is 2.31. The molecular formula is C18H18N2O4S. The molecule has 6 nitrogen and oxygen atoms in total. The Hall–Kier alpha value is -2.67. The maximum absolute atomic E-state index is 12.6. The van der Waals surface area contributed by atoms with Crippen molar-refractivity contribution in [1.29, 1.82) is 0 Å². The van der Waals surface area contributed by atoms with Crippen molar-refractivity contribution in [3.8, 4) is 0 Å². The van der Waals surface area contributed by atoms with E-state index < -0.39 is 10.0 Å². The van der Waals surface area contributed by atoms with Crippen molar-refractivity contribution in [2.24, 2.45) is 0 Å². The van der Waals surface area contributed by atoms with E-state index in [1.165, 1.54) is 26.0 Å². The number of rotatable bonds is 4. The van der Waals surface area contributed by atoms with Crippen LogP contribution in [0.2, 0.25) is 0 Å². The number of nitrogens with one attached hydrogen (secondary N) is 1. The van der Waals surface area contributed by atoms with Crippen molar-refractivity contribution >= 4 is 33.1 Å². The predicted molar refractivity (Wildman–Crippen MR) is 95.4 cm³/mol. The SMILES string of the molecule is CC(=O)c1ccc(NS(=O)(=O)c2ccc3c(c2)N(C(C)=O)CC3)cc1. The Kier molecular flexibility index (Phi) is 4.34. The molecule has 2 aromatic carbocycles. The summed E-state index contributed by atoms with van der Waals surface area (Å²) in [7, 11) is -3.79. The molecule has 0 spiro atoms. The third-order valence-electron chi connectivity index (χ3n) is 4.19. The molecule has 0 saturated carbocycles. The highest BCUT2D eigenvalue weighted by atomic mass is 32.2. The van der Waals surface area contributed by atoms with Gasteiger partial charge in [0.05, 0.1) is 4.90 Å². The number of nitrogens with zero attached hydrogens (tertiary/aromatic N) is 1.